The summed E-state index contributed by atoms with van der Waals surface area (Å²) in [5.74, 6) is -0.547. The van der Waals surface area contributed by atoms with Gasteiger partial charge in [-0.25, -0.2) is 8.78 Å². The minimum Gasteiger partial charge on any atom is -0.350 e. The first-order valence-electron chi connectivity index (χ1n) is 8.47. The Bertz CT molecular complexity index is 992. The van der Waals surface area contributed by atoms with Crippen LogP contribution in [0, 0.1) is 11.6 Å². The summed E-state index contributed by atoms with van der Waals surface area (Å²) in [4.78, 5) is 8.42. The fourth-order valence-electron chi connectivity index (χ4n) is 2.50. The maximum absolute atomic E-state index is 13.4. The summed E-state index contributed by atoms with van der Waals surface area (Å²) in [6.45, 7) is 2.04. The van der Waals surface area contributed by atoms with Crippen LogP contribution in [0.25, 0.3) is 11.4 Å². The predicted molar refractivity (Wildman–Crippen MR) is 103 cm³/mol. The van der Waals surface area contributed by atoms with Gasteiger partial charge in [-0.2, -0.15) is 4.98 Å². The molecule has 0 spiro atoms. The fraction of sp³-hybridized carbons (Fsp3) is 0.211. The van der Waals surface area contributed by atoms with Crippen molar-refractivity contribution in [2.45, 2.75) is 19.5 Å². The summed E-state index contributed by atoms with van der Waals surface area (Å²) < 4.78 is 31.7. The van der Waals surface area contributed by atoms with Crippen molar-refractivity contribution in [3.63, 3.8) is 0 Å². The normalized spacial score (nSPS) is 12.7. The highest BCUT2D eigenvalue weighted by Gasteiger charge is 2.13. The van der Waals surface area contributed by atoms with Gasteiger partial charge < -0.3 is 15.2 Å². The minimum absolute atomic E-state index is 0.234. The van der Waals surface area contributed by atoms with Crippen LogP contribution in [0.4, 0.5) is 8.78 Å². The monoisotopic (exact) mass is 405 g/mol. The van der Waals surface area contributed by atoms with Crippen LogP contribution < -0.4 is 10.6 Å². The van der Waals surface area contributed by atoms with E-state index >= 15 is 0 Å². The number of nitrogens with zero attached hydrogens (tertiary/aromatic N) is 3. The van der Waals surface area contributed by atoms with Crippen molar-refractivity contribution in [2.24, 2.45) is 4.99 Å². The molecule has 28 heavy (non-hydrogen) atoms. The molecule has 1 heterocycles. The number of hydrogen-bond donors (Lipinski definition) is 2. The molecule has 6 nitrogen and oxygen atoms in total. The first-order valence-corrected chi connectivity index (χ1v) is 8.84. The van der Waals surface area contributed by atoms with E-state index in [0.717, 1.165) is 17.7 Å². The lowest BCUT2D eigenvalue weighted by atomic mass is 10.1. The van der Waals surface area contributed by atoms with Crippen LogP contribution in [0.1, 0.15) is 24.4 Å². The number of nitrogens with one attached hydrogen (secondary N) is 2. The largest absolute Gasteiger partial charge is 0.350 e. The number of halogens is 3. The van der Waals surface area contributed by atoms with Gasteiger partial charge >= 0.3 is 0 Å². The second-order valence-corrected chi connectivity index (χ2v) is 6.42. The Kier molecular flexibility index (Phi) is 6.20. The van der Waals surface area contributed by atoms with Gasteiger partial charge in [-0.05, 0) is 36.8 Å². The molecule has 3 rings (SSSR count). The van der Waals surface area contributed by atoms with Crippen LogP contribution in [0.3, 0.4) is 0 Å². The SMILES string of the molecule is CN=C(NCc1nc(-c2cccc(Cl)c2)no1)NC(C)c1ccc(F)c(F)c1. The molecule has 0 amide bonds. The minimum atomic E-state index is -0.895. The zero-order chi connectivity index (χ0) is 20.1. The molecule has 0 aliphatic carbocycles. The Morgan fingerprint density at radius 3 is 2.75 bits per heavy atom. The second-order valence-electron chi connectivity index (χ2n) is 5.99. The molecule has 0 radical (unpaired) electrons. The third-order valence-corrected chi connectivity index (χ3v) is 4.21. The van der Waals surface area contributed by atoms with E-state index in [-0.39, 0.29) is 12.6 Å². The first-order chi connectivity index (χ1) is 13.5. The van der Waals surface area contributed by atoms with E-state index in [2.05, 4.69) is 25.8 Å². The predicted octanol–water partition coefficient (Wildman–Crippen LogP) is 4.09. The number of aromatic nitrogens is 2. The summed E-state index contributed by atoms with van der Waals surface area (Å²) in [6, 6.07) is 10.6. The van der Waals surface area contributed by atoms with Crippen molar-refractivity contribution in [1.82, 2.24) is 20.8 Å². The van der Waals surface area contributed by atoms with Gasteiger partial charge in [0, 0.05) is 17.6 Å². The van der Waals surface area contributed by atoms with Crippen molar-refractivity contribution in [1.29, 1.82) is 0 Å². The van der Waals surface area contributed by atoms with E-state index in [9.17, 15) is 8.78 Å². The summed E-state index contributed by atoms with van der Waals surface area (Å²) in [5.41, 5.74) is 1.33. The first kappa shape index (κ1) is 19.8. The zero-order valence-corrected chi connectivity index (χ0v) is 16.0. The summed E-state index contributed by atoms with van der Waals surface area (Å²) in [7, 11) is 1.60. The average molecular weight is 406 g/mol. The lowest BCUT2D eigenvalue weighted by Crippen LogP contribution is -2.38. The number of benzene rings is 2. The standard InChI is InChI=1S/C19H18ClF2N5O/c1-11(12-6-7-15(21)16(22)9-12)25-19(23-2)24-10-17-26-18(27-28-17)13-4-3-5-14(20)8-13/h3-9,11H,10H2,1-2H3,(H2,23,24,25). The lowest BCUT2D eigenvalue weighted by Gasteiger charge is -2.17. The Balaban J connectivity index is 1.60. The highest BCUT2D eigenvalue weighted by molar-refractivity contribution is 6.30. The van der Waals surface area contributed by atoms with E-state index in [0.29, 0.717) is 28.3 Å². The molecule has 3 aromatic rings. The van der Waals surface area contributed by atoms with E-state index in [4.69, 9.17) is 16.1 Å². The van der Waals surface area contributed by atoms with Gasteiger partial charge in [-0.1, -0.05) is 35.0 Å². The van der Waals surface area contributed by atoms with Crippen molar-refractivity contribution in [2.75, 3.05) is 7.05 Å². The van der Waals surface area contributed by atoms with Crippen LogP contribution in [-0.2, 0) is 6.54 Å². The third kappa shape index (κ3) is 4.83. The summed E-state index contributed by atoms with van der Waals surface area (Å²) in [5, 5.41) is 10.6. The topological polar surface area (TPSA) is 75.3 Å². The van der Waals surface area contributed by atoms with Crippen molar-refractivity contribution in [3.8, 4) is 11.4 Å². The molecule has 1 aromatic heterocycles. The average Bonchev–Trinajstić information content (AvgIpc) is 3.16. The van der Waals surface area contributed by atoms with Crippen molar-refractivity contribution >= 4 is 17.6 Å². The maximum atomic E-state index is 13.4. The number of aliphatic imine (C=N–C) groups is 1. The third-order valence-electron chi connectivity index (χ3n) is 3.98. The molecule has 0 aliphatic heterocycles. The Morgan fingerprint density at radius 2 is 2.04 bits per heavy atom. The van der Waals surface area contributed by atoms with Crippen molar-refractivity contribution < 1.29 is 13.3 Å². The van der Waals surface area contributed by atoms with E-state index < -0.39 is 11.6 Å². The van der Waals surface area contributed by atoms with Gasteiger partial charge in [-0.15, -0.1) is 0 Å². The Morgan fingerprint density at radius 1 is 1.21 bits per heavy atom. The molecule has 146 valence electrons. The van der Waals surface area contributed by atoms with Crippen molar-refractivity contribution in [3.05, 3.63) is 70.6 Å². The van der Waals surface area contributed by atoms with Gasteiger partial charge in [0.25, 0.3) is 0 Å². The number of guanidine groups is 1. The molecule has 2 N–H and O–H groups in total. The molecule has 0 saturated heterocycles. The molecule has 2 aromatic carbocycles. The molecule has 0 fully saturated rings. The molecular weight excluding hydrogens is 388 g/mol. The molecule has 0 bridgehead atoms. The Labute approximate surface area is 165 Å². The van der Waals surface area contributed by atoms with E-state index in [1.807, 2.05) is 13.0 Å². The highest BCUT2D eigenvalue weighted by Crippen LogP contribution is 2.20. The quantitative estimate of drug-likeness (QED) is 0.494. The van der Waals surface area contributed by atoms with Gasteiger partial charge in [-0.3, -0.25) is 4.99 Å². The molecule has 0 saturated carbocycles. The van der Waals surface area contributed by atoms with Crippen LogP contribution in [0.2, 0.25) is 5.02 Å². The van der Waals surface area contributed by atoms with Crippen LogP contribution in [0.5, 0.6) is 0 Å². The molecular formula is C19H18ClF2N5O. The van der Waals surface area contributed by atoms with E-state index in [1.165, 1.54) is 6.07 Å². The summed E-state index contributed by atoms with van der Waals surface area (Å²) in [6.07, 6.45) is 0. The number of hydrogen-bond acceptors (Lipinski definition) is 4. The molecule has 9 heteroatoms. The second kappa shape index (κ2) is 8.79. The lowest BCUT2D eigenvalue weighted by molar-refractivity contribution is 0.375. The zero-order valence-electron chi connectivity index (χ0n) is 15.2. The number of rotatable bonds is 5. The van der Waals surface area contributed by atoms with E-state index in [1.54, 1.807) is 25.2 Å². The summed E-state index contributed by atoms with van der Waals surface area (Å²) >= 11 is 5.97. The fourth-order valence-corrected chi connectivity index (χ4v) is 2.69. The Hall–Kier alpha value is -3.00. The van der Waals surface area contributed by atoms with Gasteiger partial charge in [0.1, 0.15) is 0 Å². The van der Waals surface area contributed by atoms with Gasteiger partial charge in [0.15, 0.2) is 17.6 Å². The van der Waals surface area contributed by atoms with Gasteiger partial charge in [0.05, 0.1) is 12.6 Å². The van der Waals surface area contributed by atoms with Crippen LogP contribution in [0.15, 0.2) is 52.0 Å². The van der Waals surface area contributed by atoms with Crippen LogP contribution >= 0.6 is 11.6 Å². The maximum Gasteiger partial charge on any atom is 0.246 e. The van der Waals surface area contributed by atoms with Crippen LogP contribution in [-0.4, -0.2) is 23.1 Å². The highest BCUT2D eigenvalue weighted by atomic mass is 35.5. The molecule has 0 aliphatic rings. The van der Waals surface area contributed by atoms with Gasteiger partial charge in [0.2, 0.25) is 11.7 Å². The molecule has 1 unspecified atom stereocenters. The smallest absolute Gasteiger partial charge is 0.246 e. The molecule has 1 atom stereocenters.